The van der Waals surface area contributed by atoms with Gasteiger partial charge in [-0.2, -0.15) is 0 Å². The second kappa shape index (κ2) is 5.48. The number of tetrazole rings is 1. The van der Waals surface area contributed by atoms with Crippen LogP contribution in [-0.2, 0) is 6.42 Å². The molecule has 0 aliphatic heterocycles. The molecule has 1 aliphatic carbocycles. The van der Waals surface area contributed by atoms with Crippen molar-refractivity contribution in [1.82, 2.24) is 20.2 Å². The summed E-state index contributed by atoms with van der Waals surface area (Å²) >= 11 is 7.80. The molecule has 1 saturated carbocycles. The van der Waals surface area contributed by atoms with Crippen molar-refractivity contribution in [3.63, 3.8) is 0 Å². The van der Waals surface area contributed by atoms with E-state index in [9.17, 15) is 0 Å². The molecule has 0 saturated heterocycles. The molecule has 2 N–H and O–H groups in total. The van der Waals surface area contributed by atoms with Gasteiger partial charge in [-0.25, -0.2) is 4.68 Å². The van der Waals surface area contributed by atoms with Crippen LogP contribution in [0.3, 0.4) is 0 Å². The minimum Gasteiger partial charge on any atom is -0.330 e. The number of nitrogens with two attached hydrogens (primary N) is 1. The summed E-state index contributed by atoms with van der Waals surface area (Å²) in [5, 5.41) is 13.3. The van der Waals surface area contributed by atoms with E-state index in [2.05, 4.69) is 15.5 Å². The first-order valence-corrected chi connectivity index (χ1v) is 7.41. The van der Waals surface area contributed by atoms with Crippen molar-refractivity contribution >= 4 is 23.4 Å². The van der Waals surface area contributed by atoms with Crippen LogP contribution in [0.25, 0.3) is 0 Å². The lowest BCUT2D eigenvalue weighted by Gasteiger charge is -2.06. The molecule has 7 heteroatoms. The number of halogens is 1. The van der Waals surface area contributed by atoms with E-state index in [0.717, 1.165) is 39.9 Å². The van der Waals surface area contributed by atoms with E-state index in [0.29, 0.717) is 12.6 Å². The minimum absolute atomic E-state index is 0.466. The maximum Gasteiger partial charge on any atom is 0.214 e. The van der Waals surface area contributed by atoms with Crippen molar-refractivity contribution in [2.75, 3.05) is 6.54 Å². The third-order valence-electron chi connectivity index (χ3n) is 2.99. The molecule has 0 amide bonds. The van der Waals surface area contributed by atoms with Crippen LogP contribution >= 0.6 is 23.4 Å². The van der Waals surface area contributed by atoms with Gasteiger partial charge in [0.2, 0.25) is 5.16 Å². The lowest BCUT2D eigenvalue weighted by atomic mass is 10.1. The van der Waals surface area contributed by atoms with Crippen LogP contribution in [0.2, 0.25) is 5.02 Å². The molecular weight excluding hydrogens is 282 g/mol. The lowest BCUT2D eigenvalue weighted by molar-refractivity contribution is 0.565. The molecule has 1 fully saturated rings. The molecule has 1 aromatic carbocycles. The van der Waals surface area contributed by atoms with E-state index >= 15 is 0 Å². The predicted octanol–water partition coefficient (Wildman–Crippen LogP) is 2.31. The molecular formula is C12H14ClN5S. The maximum absolute atomic E-state index is 6.29. The van der Waals surface area contributed by atoms with Crippen molar-refractivity contribution < 1.29 is 0 Å². The zero-order chi connectivity index (χ0) is 13.2. The highest BCUT2D eigenvalue weighted by Gasteiger charge is 2.28. The number of hydrogen-bond acceptors (Lipinski definition) is 5. The van der Waals surface area contributed by atoms with E-state index in [-0.39, 0.29) is 0 Å². The molecule has 0 spiro atoms. The van der Waals surface area contributed by atoms with Gasteiger partial charge in [0.25, 0.3) is 0 Å². The van der Waals surface area contributed by atoms with Gasteiger partial charge >= 0.3 is 0 Å². The summed E-state index contributed by atoms with van der Waals surface area (Å²) in [4.78, 5) is 0.971. The predicted molar refractivity (Wildman–Crippen MR) is 74.4 cm³/mol. The molecule has 19 heavy (non-hydrogen) atoms. The summed E-state index contributed by atoms with van der Waals surface area (Å²) in [7, 11) is 0. The topological polar surface area (TPSA) is 69.6 Å². The van der Waals surface area contributed by atoms with Crippen LogP contribution < -0.4 is 5.73 Å². The molecule has 0 bridgehead atoms. The standard InChI is InChI=1S/C12H14ClN5S/c13-10-7-8(5-6-14)1-4-11(10)19-12-15-16-17-18(12)9-2-3-9/h1,4,7,9H,2-3,5-6,14H2. The highest BCUT2D eigenvalue weighted by Crippen LogP contribution is 2.39. The zero-order valence-electron chi connectivity index (χ0n) is 10.3. The van der Waals surface area contributed by atoms with Crippen LogP contribution in [0.4, 0.5) is 0 Å². The Bertz CT molecular complexity index is 581. The number of rotatable bonds is 5. The summed E-state index contributed by atoms with van der Waals surface area (Å²) < 4.78 is 1.88. The van der Waals surface area contributed by atoms with Gasteiger partial charge in [-0.3, -0.25) is 0 Å². The largest absolute Gasteiger partial charge is 0.330 e. The highest BCUT2D eigenvalue weighted by atomic mass is 35.5. The number of benzene rings is 1. The Morgan fingerprint density at radius 2 is 2.26 bits per heavy atom. The Hall–Kier alpha value is -1.11. The minimum atomic E-state index is 0.466. The van der Waals surface area contributed by atoms with Crippen LogP contribution in [0.1, 0.15) is 24.4 Å². The van der Waals surface area contributed by atoms with Gasteiger partial charge in [-0.15, -0.1) is 5.10 Å². The zero-order valence-corrected chi connectivity index (χ0v) is 11.9. The van der Waals surface area contributed by atoms with Gasteiger partial charge in [0.1, 0.15) is 0 Å². The summed E-state index contributed by atoms with van der Waals surface area (Å²) in [6.07, 6.45) is 3.15. The first kappa shape index (κ1) is 12.9. The number of hydrogen-bond donors (Lipinski definition) is 1. The molecule has 0 atom stereocenters. The Balaban J connectivity index is 1.80. The van der Waals surface area contributed by atoms with E-state index in [4.69, 9.17) is 17.3 Å². The molecule has 2 aromatic rings. The highest BCUT2D eigenvalue weighted by molar-refractivity contribution is 7.99. The SMILES string of the molecule is NCCc1ccc(Sc2nnnn2C2CC2)c(Cl)c1. The second-order valence-electron chi connectivity index (χ2n) is 4.54. The number of nitrogens with zero attached hydrogens (tertiary/aromatic N) is 4. The van der Waals surface area contributed by atoms with Gasteiger partial charge in [-0.05, 0) is 65.7 Å². The van der Waals surface area contributed by atoms with Crippen molar-refractivity contribution in [2.45, 2.75) is 35.4 Å². The fourth-order valence-corrected chi connectivity index (χ4v) is 3.01. The van der Waals surface area contributed by atoms with Gasteiger partial charge in [0, 0.05) is 4.90 Å². The third kappa shape index (κ3) is 2.91. The number of aromatic nitrogens is 4. The molecule has 3 rings (SSSR count). The Morgan fingerprint density at radius 3 is 2.95 bits per heavy atom. The quantitative estimate of drug-likeness (QED) is 0.916. The third-order valence-corrected chi connectivity index (χ3v) is 4.44. The lowest BCUT2D eigenvalue weighted by Crippen LogP contribution is -2.02. The average Bonchev–Trinajstić information content (AvgIpc) is 3.14. The normalized spacial score (nSPS) is 14.8. The fraction of sp³-hybridized carbons (Fsp3) is 0.417. The van der Waals surface area contributed by atoms with Gasteiger partial charge < -0.3 is 5.73 Å². The average molecular weight is 296 g/mol. The van der Waals surface area contributed by atoms with Crippen molar-refractivity contribution in [2.24, 2.45) is 5.73 Å². The summed E-state index contributed by atoms with van der Waals surface area (Å²) in [6.45, 7) is 0.628. The van der Waals surface area contributed by atoms with Crippen molar-refractivity contribution in [3.8, 4) is 0 Å². The fourth-order valence-electron chi connectivity index (χ4n) is 1.85. The summed E-state index contributed by atoms with van der Waals surface area (Å²) in [5.41, 5.74) is 6.69. The molecule has 0 unspecified atom stereocenters. The van der Waals surface area contributed by atoms with Gasteiger partial charge in [-0.1, -0.05) is 17.7 Å². The van der Waals surface area contributed by atoms with Crippen LogP contribution in [0.15, 0.2) is 28.3 Å². The molecule has 1 heterocycles. The van der Waals surface area contributed by atoms with Crippen molar-refractivity contribution in [1.29, 1.82) is 0 Å². The van der Waals surface area contributed by atoms with E-state index in [1.807, 2.05) is 22.9 Å². The summed E-state index contributed by atoms with van der Waals surface area (Å²) in [6, 6.07) is 6.48. The molecule has 0 radical (unpaired) electrons. The smallest absolute Gasteiger partial charge is 0.214 e. The Morgan fingerprint density at radius 1 is 1.42 bits per heavy atom. The van der Waals surface area contributed by atoms with Crippen LogP contribution in [0.5, 0.6) is 0 Å². The summed E-state index contributed by atoms with van der Waals surface area (Å²) in [5.74, 6) is 0. The maximum atomic E-state index is 6.29. The molecule has 5 nitrogen and oxygen atoms in total. The first-order chi connectivity index (χ1) is 9.28. The van der Waals surface area contributed by atoms with Crippen LogP contribution in [-0.4, -0.2) is 26.8 Å². The van der Waals surface area contributed by atoms with Crippen molar-refractivity contribution in [3.05, 3.63) is 28.8 Å². The van der Waals surface area contributed by atoms with E-state index in [1.165, 1.54) is 11.8 Å². The van der Waals surface area contributed by atoms with E-state index in [1.54, 1.807) is 0 Å². The molecule has 1 aliphatic rings. The Kier molecular flexibility index (Phi) is 3.72. The monoisotopic (exact) mass is 295 g/mol. The van der Waals surface area contributed by atoms with E-state index < -0.39 is 0 Å². The Labute approximate surface area is 120 Å². The first-order valence-electron chi connectivity index (χ1n) is 6.22. The van der Waals surface area contributed by atoms with Gasteiger partial charge in [0.05, 0.1) is 11.1 Å². The van der Waals surface area contributed by atoms with Crippen LogP contribution in [0, 0.1) is 0 Å². The second-order valence-corrected chi connectivity index (χ2v) is 5.96. The molecule has 1 aromatic heterocycles. The van der Waals surface area contributed by atoms with Gasteiger partial charge in [0.15, 0.2) is 0 Å². The molecule has 100 valence electrons.